The molecule has 6 heteroatoms. The van der Waals surface area contributed by atoms with Crippen LogP contribution in [-0.2, 0) is 0 Å². The van der Waals surface area contributed by atoms with Gasteiger partial charge in [-0.3, -0.25) is 4.98 Å². The molecule has 2 N–H and O–H groups in total. The number of hydrogen-bond acceptors (Lipinski definition) is 6. The molecular weight excluding hydrogens is 260 g/mol. The van der Waals surface area contributed by atoms with Crippen LogP contribution in [0.5, 0.6) is 0 Å². The smallest absolute Gasteiger partial charge is 0.261 e. The fraction of sp³-hybridized carbons (Fsp3) is 0.154. The summed E-state index contributed by atoms with van der Waals surface area (Å²) in [6.07, 6.45) is 3.39. The first-order chi connectivity index (χ1) is 9.16. The zero-order valence-electron chi connectivity index (χ0n) is 10.5. The molecule has 3 heterocycles. The number of nitrogens with two attached hydrogens (primary N) is 1. The van der Waals surface area contributed by atoms with Gasteiger partial charge in [-0.2, -0.15) is 4.98 Å². The molecule has 0 aromatic carbocycles. The third-order valence-electron chi connectivity index (χ3n) is 2.99. The second-order valence-electron chi connectivity index (χ2n) is 4.18. The van der Waals surface area contributed by atoms with Gasteiger partial charge in [0.05, 0.1) is 10.6 Å². The summed E-state index contributed by atoms with van der Waals surface area (Å²) < 4.78 is 5.33. The monoisotopic (exact) mass is 272 g/mol. The van der Waals surface area contributed by atoms with Gasteiger partial charge in [0, 0.05) is 22.8 Å². The number of nitrogens with zero attached hydrogens (tertiary/aromatic N) is 3. The van der Waals surface area contributed by atoms with E-state index < -0.39 is 0 Å². The Bertz CT molecular complexity index is 718. The Morgan fingerprint density at radius 3 is 2.58 bits per heavy atom. The molecule has 0 atom stereocenters. The summed E-state index contributed by atoms with van der Waals surface area (Å²) in [5, 5.41) is 4.70. The minimum Gasteiger partial charge on any atom is -0.390 e. The van der Waals surface area contributed by atoms with Crippen molar-refractivity contribution in [3.05, 3.63) is 35.0 Å². The molecule has 3 rings (SSSR count). The Hall–Kier alpha value is -2.21. The van der Waals surface area contributed by atoms with E-state index in [4.69, 9.17) is 10.3 Å². The van der Waals surface area contributed by atoms with Gasteiger partial charge in [0.1, 0.15) is 0 Å². The van der Waals surface area contributed by atoms with Crippen LogP contribution in [0.3, 0.4) is 0 Å². The summed E-state index contributed by atoms with van der Waals surface area (Å²) in [6.45, 7) is 4.04. The second-order valence-corrected chi connectivity index (χ2v) is 5.44. The molecule has 5 nitrogen and oxygen atoms in total. The van der Waals surface area contributed by atoms with E-state index in [1.54, 1.807) is 12.4 Å². The van der Waals surface area contributed by atoms with Gasteiger partial charge in [0.2, 0.25) is 5.82 Å². The van der Waals surface area contributed by atoms with Gasteiger partial charge >= 0.3 is 0 Å². The van der Waals surface area contributed by atoms with E-state index >= 15 is 0 Å². The van der Waals surface area contributed by atoms with Crippen LogP contribution in [-0.4, -0.2) is 15.1 Å². The van der Waals surface area contributed by atoms with E-state index in [0.29, 0.717) is 16.7 Å². The second kappa shape index (κ2) is 4.47. The van der Waals surface area contributed by atoms with E-state index in [0.717, 1.165) is 21.6 Å². The zero-order chi connectivity index (χ0) is 13.4. The maximum absolute atomic E-state index is 6.00. The summed E-state index contributed by atoms with van der Waals surface area (Å²) in [7, 11) is 0. The average Bonchev–Trinajstić information content (AvgIpc) is 2.97. The average molecular weight is 272 g/mol. The summed E-state index contributed by atoms with van der Waals surface area (Å²) in [5.74, 6) is 1.01. The largest absolute Gasteiger partial charge is 0.390 e. The predicted octanol–water partition coefficient (Wildman–Crippen LogP) is 3.06. The molecule has 0 spiro atoms. The Morgan fingerprint density at radius 2 is 1.95 bits per heavy atom. The van der Waals surface area contributed by atoms with Crippen molar-refractivity contribution >= 4 is 16.3 Å². The predicted molar refractivity (Wildman–Crippen MR) is 74.7 cm³/mol. The van der Waals surface area contributed by atoms with Crippen LogP contribution in [0, 0.1) is 13.8 Å². The highest BCUT2D eigenvalue weighted by atomic mass is 32.1. The number of anilines is 1. The molecule has 0 aliphatic heterocycles. The van der Waals surface area contributed by atoms with Crippen LogP contribution < -0.4 is 5.73 Å². The first-order valence-corrected chi connectivity index (χ1v) is 6.58. The number of nitrogen functional groups attached to an aromatic ring is 1. The van der Waals surface area contributed by atoms with E-state index in [2.05, 4.69) is 15.1 Å². The maximum atomic E-state index is 6.00. The topological polar surface area (TPSA) is 77.8 Å². The summed E-state index contributed by atoms with van der Waals surface area (Å²) in [5.41, 5.74) is 8.80. The van der Waals surface area contributed by atoms with Gasteiger partial charge in [0.15, 0.2) is 0 Å². The molecule has 3 aromatic heterocycles. The molecule has 0 saturated heterocycles. The minimum atomic E-state index is 0.464. The van der Waals surface area contributed by atoms with Crippen molar-refractivity contribution in [2.24, 2.45) is 0 Å². The van der Waals surface area contributed by atoms with Gasteiger partial charge in [-0.25, -0.2) is 0 Å². The highest BCUT2D eigenvalue weighted by molar-refractivity contribution is 7.16. The number of hydrogen-bond donors (Lipinski definition) is 1. The SMILES string of the molecule is Cc1sc(N)c(-c2nc(-c3ccncc3)no2)c1C. The van der Waals surface area contributed by atoms with Crippen molar-refractivity contribution in [2.75, 3.05) is 5.73 Å². The molecule has 19 heavy (non-hydrogen) atoms. The van der Waals surface area contributed by atoms with Crippen LogP contribution in [0.25, 0.3) is 22.8 Å². The van der Waals surface area contributed by atoms with Crippen LogP contribution in [0.4, 0.5) is 5.00 Å². The summed E-state index contributed by atoms with van der Waals surface area (Å²) >= 11 is 1.54. The van der Waals surface area contributed by atoms with Crippen LogP contribution in [0.2, 0.25) is 0 Å². The Labute approximate surface area is 114 Å². The minimum absolute atomic E-state index is 0.464. The lowest BCUT2D eigenvalue weighted by atomic mass is 10.1. The number of rotatable bonds is 2. The van der Waals surface area contributed by atoms with Crippen LogP contribution in [0.1, 0.15) is 10.4 Å². The van der Waals surface area contributed by atoms with Gasteiger partial charge in [-0.15, -0.1) is 11.3 Å². The standard InChI is InChI=1S/C13H12N4OS/c1-7-8(2)19-11(14)10(7)13-16-12(17-18-13)9-3-5-15-6-4-9/h3-6H,14H2,1-2H3. The number of aryl methyl sites for hydroxylation is 1. The summed E-state index contributed by atoms with van der Waals surface area (Å²) in [4.78, 5) is 9.53. The summed E-state index contributed by atoms with van der Waals surface area (Å²) in [6, 6.07) is 3.67. The molecule has 96 valence electrons. The quantitative estimate of drug-likeness (QED) is 0.775. The molecular formula is C13H12N4OS. The van der Waals surface area contributed by atoms with E-state index in [9.17, 15) is 0 Å². The maximum Gasteiger partial charge on any atom is 0.261 e. The molecule has 0 unspecified atom stereocenters. The lowest BCUT2D eigenvalue weighted by molar-refractivity contribution is 0.432. The van der Waals surface area contributed by atoms with Crippen molar-refractivity contribution in [1.29, 1.82) is 0 Å². The van der Waals surface area contributed by atoms with E-state index in [1.807, 2.05) is 26.0 Å². The Morgan fingerprint density at radius 1 is 1.21 bits per heavy atom. The fourth-order valence-electron chi connectivity index (χ4n) is 1.86. The number of aromatic nitrogens is 3. The number of thiophene rings is 1. The van der Waals surface area contributed by atoms with Crippen LogP contribution in [0.15, 0.2) is 29.0 Å². The van der Waals surface area contributed by atoms with Gasteiger partial charge in [-0.05, 0) is 31.5 Å². The molecule has 0 bridgehead atoms. The highest BCUT2D eigenvalue weighted by Crippen LogP contribution is 2.37. The first-order valence-electron chi connectivity index (χ1n) is 5.76. The molecule has 0 saturated carbocycles. The third-order valence-corrected chi connectivity index (χ3v) is 4.03. The van der Waals surface area contributed by atoms with Crippen molar-refractivity contribution < 1.29 is 4.52 Å². The van der Waals surface area contributed by atoms with Gasteiger partial charge in [0.25, 0.3) is 5.89 Å². The molecule has 0 fully saturated rings. The third kappa shape index (κ3) is 2.00. The van der Waals surface area contributed by atoms with Crippen molar-refractivity contribution in [3.8, 4) is 22.8 Å². The van der Waals surface area contributed by atoms with Crippen LogP contribution >= 0.6 is 11.3 Å². The van der Waals surface area contributed by atoms with Gasteiger partial charge in [-0.1, -0.05) is 5.16 Å². The number of pyridine rings is 1. The normalized spacial score (nSPS) is 10.8. The highest BCUT2D eigenvalue weighted by Gasteiger charge is 2.18. The van der Waals surface area contributed by atoms with Crippen molar-refractivity contribution in [3.63, 3.8) is 0 Å². The Balaban J connectivity index is 2.07. The zero-order valence-corrected chi connectivity index (χ0v) is 11.4. The molecule has 3 aromatic rings. The van der Waals surface area contributed by atoms with Crippen molar-refractivity contribution in [1.82, 2.24) is 15.1 Å². The first kappa shape index (κ1) is 11.9. The lowest BCUT2D eigenvalue weighted by Crippen LogP contribution is -1.86. The van der Waals surface area contributed by atoms with Crippen molar-refractivity contribution in [2.45, 2.75) is 13.8 Å². The lowest BCUT2D eigenvalue weighted by Gasteiger charge is -1.94. The Kier molecular flexibility index (Phi) is 2.79. The molecule has 0 radical (unpaired) electrons. The van der Waals surface area contributed by atoms with E-state index in [-0.39, 0.29) is 0 Å². The molecule has 0 aliphatic rings. The molecule has 0 amide bonds. The molecule has 0 aliphatic carbocycles. The fourth-order valence-corrected chi connectivity index (χ4v) is 2.79. The van der Waals surface area contributed by atoms with Gasteiger partial charge < -0.3 is 10.3 Å². The van der Waals surface area contributed by atoms with E-state index in [1.165, 1.54) is 11.3 Å².